The molecular formula is C22H34O3. The lowest BCUT2D eigenvalue weighted by Crippen LogP contribution is -2.54. The van der Waals surface area contributed by atoms with Gasteiger partial charge < -0.3 is 4.74 Å². The molecule has 0 amide bonds. The molecule has 8 atom stereocenters. The standard InChI is InChI=1S/C22H34O3/c1-14(24)18-6-7-19-17-5-4-15-12-16(25-13-23)8-10-21(15,2)20(17)9-11-22(18,19)3/h13,15-20H,4-12H2,1-3H3/t15-,16-,17+,18-,19+,20+,21+,22-/m1/s1. The smallest absolute Gasteiger partial charge is 0.293 e. The second-order valence-corrected chi connectivity index (χ2v) is 10.1. The summed E-state index contributed by atoms with van der Waals surface area (Å²) in [5, 5.41) is 0. The molecule has 3 heteroatoms. The van der Waals surface area contributed by atoms with Gasteiger partial charge in [0.2, 0.25) is 0 Å². The maximum absolute atomic E-state index is 12.2. The number of carbonyl (C=O) groups excluding carboxylic acids is 2. The lowest BCUT2D eigenvalue weighted by molar-refractivity contribution is -0.152. The van der Waals surface area contributed by atoms with Crippen molar-refractivity contribution in [2.45, 2.75) is 84.7 Å². The van der Waals surface area contributed by atoms with Crippen LogP contribution in [0.4, 0.5) is 0 Å². The number of hydrogen-bond donors (Lipinski definition) is 0. The number of ether oxygens (including phenoxy) is 1. The molecule has 0 radical (unpaired) electrons. The molecule has 0 aromatic rings. The Morgan fingerprint density at radius 2 is 1.68 bits per heavy atom. The molecule has 0 aliphatic heterocycles. The Kier molecular flexibility index (Phi) is 4.28. The molecule has 4 aliphatic rings. The first-order chi connectivity index (χ1) is 11.9. The van der Waals surface area contributed by atoms with E-state index in [0.29, 0.717) is 29.5 Å². The third-order valence-corrected chi connectivity index (χ3v) is 9.36. The van der Waals surface area contributed by atoms with Crippen LogP contribution < -0.4 is 0 Å². The summed E-state index contributed by atoms with van der Waals surface area (Å²) in [4.78, 5) is 22.9. The molecule has 0 unspecified atom stereocenters. The highest BCUT2D eigenvalue weighted by molar-refractivity contribution is 5.79. The van der Waals surface area contributed by atoms with E-state index in [-0.39, 0.29) is 11.5 Å². The van der Waals surface area contributed by atoms with Gasteiger partial charge in [-0.15, -0.1) is 0 Å². The van der Waals surface area contributed by atoms with Crippen LogP contribution >= 0.6 is 0 Å². The molecule has 0 N–H and O–H groups in total. The van der Waals surface area contributed by atoms with Crippen molar-refractivity contribution >= 4 is 12.3 Å². The molecule has 4 fully saturated rings. The average Bonchev–Trinajstić information content (AvgIpc) is 2.93. The fraction of sp³-hybridized carbons (Fsp3) is 0.909. The molecule has 3 nitrogen and oxygen atoms in total. The van der Waals surface area contributed by atoms with E-state index in [1.807, 2.05) is 6.92 Å². The van der Waals surface area contributed by atoms with E-state index in [4.69, 9.17) is 4.74 Å². The lowest BCUT2D eigenvalue weighted by Gasteiger charge is -2.61. The van der Waals surface area contributed by atoms with Gasteiger partial charge in [-0.05, 0) is 99.2 Å². The van der Waals surface area contributed by atoms with Crippen LogP contribution in [0.1, 0.15) is 78.6 Å². The maximum Gasteiger partial charge on any atom is 0.293 e. The summed E-state index contributed by atoms with van der Waals surface area (Å²) in [5.41, 5.74) is 0.676. The first-order valence-corrected chi connectivity index (χ1v) is 10.5. The van der Waals surface area contributed by atoms with E-state index < -0.39 is 0 Å². The summed E-state index contributed by atoms with van der Waals surface area (Å²) in [5.74, 6) is 3.82. The molecule has 4 saturated carbocycles. The zero-order valence-electron chi connectivity index (χ0n) is 16.1. The SMILES string of the molecule is CC(=O)[C@H]1CC[C@H]2[C@@H]3CC[C@@H]4C[C@H](OC=O)CC[C@]4(C)[C@H]3CC[C@]12C. The number of ketones is 1. The third kappa shape index (κ3) is 2.51. The summed E-state index contributed by atoms with van der Waals surface area (Å²) < 4.78 is 5.32. The molecule has 0 saturated heterocycles. The highest BCUT2D eigenvalue weighted by atomic mass is 16.5. The van der Waals surface area contributed by atoms with Gasteiger partial charge >= 0.3 is 0 Å². The Morgan fingerprint density at radius 1 is 0.960 bits per heavy atom. The van der Waals surface area contributed by atoms with Crippen LogP contribution in [0.25, 0.3) is 0 Å². The lowest BCUT2D eigenvalue weighted by atomic mass is 9.44. The Hall–Kier alpha value is -0.860. The Labute approximate surface area is 152 Å². The maximum atomic E-state index is 12.2. The Balaban J connectivity index is 1.56. The van der Waals surface area contributed by atoms with Crippen molar-refractivity contribution in [3.05, 3.63) is 0 Å². The van der Waals surface area contributed by atoms with Crippen molar-refractivity contribution in [3.8, 4) is 0 Å². The minimum Gasteiger partial charge on any atom is -0.465 e. The number of carbonyl (C=O) groups is 2. The van der Waals surface area contributed by atoms with Gasteiger partial charge in [-0.3, -0.25) is 9.59 Å². The van der Waals surface area contributed by atoms with Crippen LogP contribution in [0.2, 0.25) is 0 Å². The first-order valence-electron chi connectivity index (χ1n) is 10.5. The molecule has 0 heterocycles. The normalized spacial score (nSPS) is 51.8. The minimum absolute atomic E-state index is 0.148. The van der Waals surface area contributed by atoms with Crippen molar-refractivity contribution in [2.24, 2.45) is 40.4 Å². The molecule has 4 aliphatic carbocycles. The largest absolute Gasteiger partial charge is 0.465 e. The fourth-order valence-corrected chi connectivity index (χ4v) is 8.09. The number of fused-ring (bicyclic) bond motifs is 5. The van der Waals surface area contributed by atoms with E-state index in [2.05, 4.69) is 13.8 Å². The zero-order valence-corrected chi connectivity index (χ0v) is 16.1. The van der Waals surface area contributed by atoms with Crippen LogP contribution in [-0.2, 0) is 14.3 Å². The van der Waals surface area contributed by atoms with E-state index >= 15 is 0 Å². The Morgan fingerprint density at radius 3 is 2.40 bits per heavy atom. The van der Waals surface area contributed by atoms with E-state index in [1.54, 1.807) is 0 Å². The molecule has 4 rings (SSSR count). The van der Waals surface area contributed by atoms with Gasteiger partial charge in [-0.1, -0.05) is 13.8 Å². The predicted octanol–water partition coefficient (Wildman–Crippen LogP) is 4.78. The minimum atomic E-state index is 0.148. The Bertz CT molecular complexity index is 557. The van der Waals surface area contributed by atoms with E-state index in [9.17, 15) is 9.59 Å². The van der Waals surface area contributed by atoms with Crippen molar-refractivity contribution in [2.75, 3.05) is 0 Å². The van der Waals surface area contributed by atoms with Crippen LogP contribution in [0.3, 0.4) is 0 Å². The average molecular weight is 347 g/mol. The number of hydrogen-bond acceptors (Lipinski definition) is 3. The van der Waals surface area contributed by atoms with Gasteiger partial charge in [0.15, 0.2) is 0 Å². The second-order valence-electron chi connectivity index (χ2n) is 10.1. The van der Waals surface area contributed by atoms with Crippen molar-refractivity contribution in [3.63, 3.8) is 0 Å². The van der Waals surface area contributed by atoms with Gasteiger partial charge in [0, 0.05) is 5.92 Å². The van der Waals surface area contributed by atoms with Gasteiger partial charge in [0.25, 0.3) is 6.47 Å². The molecule has 0 spiro atoms. The molecule has 25 heavy (non-hydrogen) atoms. The monoisotopic (exact) mass is 346 g/mol. The van der Waals surface area contributed by atoms with Crippen molar-refractivity contribution in [1.29, 1.82) is 0 Å². The van der Waals surface area contributed by atoms with Gasteiger partial charge in [0.05, 0.1) is 0 Å². The van der Waals surface area contributed by atoms with Crippen LogP contribution in [0, 0.1) is 40.4 Å². The fourth-order valence-electron chi connectivity index (χ4n) is 8.09. The molecule has 0 aromatic carbocycles. The summed E-state index contributed by atoms with van der Waals surface area (Å²) in [7, 11) is 0. The van der Waals surface area contributed by atoms with Crippen LogP contribution in [0.15, 0.2) is 0 Å². The van der Waals surface area contributed by atoms with Crippen molar-refractivity contribution in [1.82, 2.24) is 0 Å². The number of Topliss-reactive ketones (excluding diaryl/α,β-unsaturated/α-hetero) is 1. The molecule has 140 valence electrons. The predicted molar refractivity (Wildman–Crippen MR) is 96.8 cm³/mol. The number of rotatable bonds is 3. The van der Waals surface area contributed by atoms with Crippen LogP contribution in [0.5, 0.6) is 0 Å². The molecule has 0 aromatic heterocycles. The van der Waals surface area contributed by atoms with E-state index in [0.717, 1.165) is 37.0 Å². The van der Waals surface area contributed by atoms with Gasteiger partial charge in [-0.25, -0.2) is 0 Å². The van der Waals surface area contributed by atoms with Crippen LogP contribution in [-0.4, -0.2) is 18.4 Å². The summed E-state index contributed by atoms with van der Waals surface area (Å²) >= 11 is 0. The molecule has 0 bridgehead atoms. The van der Waals surface area contributed by atoms with Gasteiger partial charge in [-0.2, -0.15) is 0 Å². The molecular weight excluding hydrogens is 312 g/mol. The summed E-state index contributed by atoms with van der Waals surface area (Å²) in [6.07, 6.45) is 11.0. The summed E-state index contributed by atoms with van der Waals surface area (Å²) in [6, 6.07) is 0. The highest BCUT2D eigenvalue weighted by Gasteiger charge is 2.60. The van der Waals surface area contributed by atoms with E-state index in [1.165, 1.54) is 38.5 Å². The van der Waals surface area contributed by atoms with Gasteiger partial charge in [0.1, 0.15) is 11.9 Å². The third-order valence-electron chi connectivity index (χ3n) is 9.36. The zero-order chi connectivity index (χ0) is 17.8. The highest BCUT2D eigenvalue weighted by Crippen LogP contribution is 2.67. The summed E-state index contributed by atoms with van der Waals surface area (Å²) in [6.45, 7) is 7.42. The quantitative estimate of drug-likeness (QED) is 0.691. The second kappa shape index (κ2) is 6.09. The first kappa shape index (κ1) is 17.5. The topological polar surface area (TPSA) is 43.4 Å². The van der Waals surface area contributed by atoms with Crippen molar-refractivity contribution < 1.29 is 14.3 Å².